The Labute approximate surface area is 190 Å². The molecule has 0 saturated carbocycles. The predicted molar refractivity (Wildman–Crippen MR) is 125 cm³/mol. The molecule has 4 rings (SSSR count). The standard InChI is InChI=1S/C25H22N6O2/c1-14-4-9-21-19(10-14)20(11-22(28-21)24(27)32)25(33)29-23-15(2)30-31(16(23)3)13-18-7-5-17(12-26)6-8-18/h4-11H,13H2,1-3H3,(H2,27,32)(H,29,33). The van der Waals surface area contributed by atoms with Crippen LogP contribution in [0.5, 0.6) is 0 Å². The molecule has 33 heavy (non-hydrogen) atoms. The van der Waals surface area contributed by atoms with Gasteiger partial charge in [0.25, 0.3) is 11.8 Å². The Hall–Kier alpha value is -4.51. The van der Waals surface area contributed by atoms with Gasteiger partial charge in [0, 0.05) is 5.39 Å². The van der Waals surface area contributed by atoms with Gasteiger partial charge in [-0.2, -0.15) is 10.4 Å². The van der Waals surface area contributed by atoms with Crippen molar-refractivity contribution in [2.24, 2.45) is 5.73 Å². The molecule has 0 unspecified atom stereocenters. The molecule has 164 valence electrons. The van der Waals surface area contributed by atoms with E-state index in [0.717, 1.165) is 16.8 Å². The highest BCUT2D eigenvalue weighted by molar-refractivity contribution is 6.14. The van der Waals surface area contributed by atoms with Crippen LogP contribution < -0.4 is 11.1 Å². The Balaban J connectivity index is 1.68. The molecule has 0 aliphatic heterocycles. The molecular weight excluding hydrogens is 416 g/mol. The molecule has 0 fully saturated rings. The number of aromatic nitrogens is 3. The largest absolute Gasteiger partial charge is 0.364 e. The average Bonchev–Trinajstić information content (AvgIpc) is 3.06. The van der Waals surface area contributed by atoms with E-state index in [4.69, 9.17) is 11.0 Å². The van der Waals surface area contributed by atoms with Gasteiger partial charge in [-0.25, -0.2) is 4.98 Å². The van der Waals surface area contributed by atoms with Gasteiger partial charge >= 0.3 is 0 Å². The molecule has 8 heteroatoms. The molecular formula is C25H22N6O2. The third kappa shape index (κ3) is 4.29. The second-order valence-corrected chi connectivity index (χ2v) is 7.91. The van der Waals surface area contributed by atoms with Crippen molar-refractivity contribution in [1.82, 2.24) is 14.8 Å². The number of hydrogen-bond donors (Lipinski definition) is 2. The van der Waals surface area contributed by atoms with Gasteiger partial charge in [0.2, 0.25) is 0 Å². The fraction of sp³-hybridized carbons (Fsp3) is 0.160. The van der Waals surface area contributed by atoms with Crippen LogP contribution in [0.25, 0.3) is 10.9 Å². The lowest BCUT2D eigenvalue weighted by Gasteiger charge is -2.11. The van der Waals surface area contributed by atoms with E-state index in [0.29, 0.717) is 40.0 Å². The highest BCUT2D eigenvalue weighted by atomic mass is 16.2. The van der Waals surface area contributed by atoms with Crippen LogP contribution in [0, 0.1) is 32.1 Å². The molecule has 2 heterocycles. The minimum atomic E-state index is -0.700. The van der Waals surface area contributed by atoms with Crippen molar-refractivity contribution in [3.63, 3.8) is 0 Å². The number of hydrogen-bond acceptors (Lipinski definition) is 5. The highest BCUT2D eigenvalue weighted by Crippen LogP contribution is 2.25. The zero-order valence-electron chi connectivity index (χ0n) is 18.5. The number of rotatable bonds is 5. The fourth-order valence-electron chi connectivity index (χ4n) is 3.72. The molecule has 0 spiro atoms. The maximum absolute atomic E-state index is 13.3. The number of pyridine rings is 1. The van der Waals surface area contributed by atoms with E-state index < -0.39 is 5.91 Å². The van der Waals surface area contributed by atoms with Crippen LogP contribution in [0.1, 0.15) is 48.9 Å². The number of aryl methyl sites for hydroxylation is 2. The van der Waals surface area contributed by atoms with Gasteiger partial charge in [-0.1, -0.05) is 23.8 Å². The van der Waals surface area contributed by atoms with E-state index in [1.54, 1.807) is 22.9 Å². The lowest BCUT2D eigenvalue weighted by Crippen LogP contribution is -2.18. The summed E-state index contributed by atoms with van der Waals surface area (Å²) in [5.41, 5.74) is 10.9. The third-order valence-corrected chi connectivity index (χ3v) is 5.50. The van der Waals surface area contributed by atoms with Crippen molar-refractivity contribution in [2.75, 3.05) is 5.32 Å². The lowest BCUT2D eigenvalue weighted by molar-refractivity contribution is 0.0996. The molecule has 2 aromatic carbocycles. The Bertz CT molecular complexity index is 1440. The molecule has 3 N–H and O–H groups in total. The normalized spacial score (nSPS) is 10.7. The SMILES string of the molecule is Cc1ccc2nc(C(N)=O)cc(C(=O)Nc3c(C)nn(Cc4ccc(C#N)cc4)c3C)c2c1. The summed E-state index contributed by atoms with van der Waals surface area (Å²) in [4.78, 5) is 29.3. The summed E-state index contributed by atoms with van der Waals surface area (Å²) in [6.45, 7) is 6.12. The average molecular weight is 438 g/mol. The summed E-state index contributed by atoms with van der Waals surface area (Å²) in [6.07, 6.45) is 0. The van der Waals surface area contributed by atoms with Crippen LogP contribution in [0.15, 0.2) is 48.5 Å². The first-order valence-electron chi connectivity index (χ1n) is 10.3. The first-order chi connectivity index (χ1) is 15.8. The predicted octanol–water partition coefficient (Wildman–Crippen LogP) is 3.63. The van der Waals surface area contributed by atoms with Crippen molar-refractivity contribution in [3.05, 3.63) is 87.9 Å². The summed E-state index contributed by atoms with van der Waals surface area (Å²) in [7, 11) is 0. The molecule has 0 radical (unpaired) electrons. The Kier molecular flexibility index (Phi) is 5.63. The number of amides is 2. The van der Waals surface area contributed by atoms with Crippen molar-refractivity contribution < 1.29 is 9.59 Å². The summed E-state index contributed by atoms with van der Waals surface area (Å²) in [5, 5.41) is 17.1. The number of anilines is 1. The van der Waals surface area contributed by atoms with E-state index >= 15 is 0 Å². The number of benzene rings is 2. The van der Waals surface area contributed by atoms with Crippen LogP contribution >= 0.6 is 0 Å². The first kappa shape index (κ1) is 21.7. The second-order valence-electron chi connectivity index (χ2n) is 7.91. The zero-order chi connectivity index (χ0) is 23.7. The van der Waals surface area contributed by atoms with E-state index in [1.165, 1.54) is 6.07 Å². The van der Waals surface area contributed by atoms with E-state index in [-0.39, 0.29) is 11.6 Å². The Morgan fingerprint density at radius 1 is 1.09 bits per heavy atom. The minimum absolute atomic E-state index is 0.0291. The van der Waals surface area contributed by atoms with Gasteiger partial charge in [-0.15, -0.1) is 0 Å². The molecule has 0 aliphatic rings. The van der Waals surface area contributed by atoms with Crippen LogP contribution in [0.3, 0.4) is 0 Å². The first-order valence-corrected chi connectivity index (χ1v) is 10.3. The van der Waals surface area contributed by atoms with Crippen LogP contribution in [0.2, 0.25) is 0 Å². The number of nitrogens with two attached hydrogens (primary N) is 1. The van der Waals surface area contributed by atoms with Gasteiger partial charge in [0.15, 0.2) is 0 Å². The smallest absolute Gasteiger partial charge is 0.267 e. The van der Waals surface area contributed by atoms with Gasteiger partial charge in [-0.05, 0) is 56.7 Å². The number of nitriles is 1. The molecule has 4 aromatic rings. The Morgan fingerprint density at radius 3 is 2.48 bits per heavy atom. The number of primary amides is 1. The number of fused-ring (bicyclic) bond motifs is 1. The topological polar surface area (TPSA) is 127 Å². The molecule has 0 saturated heterocycles. The Morgan fingerprint density at radius 2 is 1.82 bits per heavy atom. The number of carbonyl (C=O) groups is 2. The van der Waals surface area contributed by atoms with Crippen LogP contribution in [0.4, 0.5) is 5.69 Å². The minimum Gasteiger partial charge on any atom is -0.364 e. The van der Waals surface area contributed by atoms with Gasteiger partial charge < -0.3 is 11.1 Å². The van der Waals surface area contributed by atoms with Gasteiger partial charge in [0.05, 0.1) is 46.3 Å². The molecule has 2 amide bonds. The summed E-state index contributed by atoms with van der Waals surface area (Å²) < 4.78 is 1.80. The maximum atomic E-state index is 13.3. The highest BCUT2D eigenvalue weighted by Gasteiger charge is 2.19. The molecule has 8 nitrogen and oxygen atoms in total. The van der Waals surface area contributed by atoms with E-state index in [2.05, 4.69) is 21.5 Å². The third-order valence-electron chi connectivity index (χ3n) is 5.50. The van der Waals surface area contributed by atoms with E-state index in [9.17, 15) is 9.59 Å². The van der Waals surface area contributed by atoms with Gasteiger partial charge in [-0.3, -0.25) is 14.3 Å². The zero-order valence-corrected chi connectivity index (χ0v) is 18.5. The molecule has 0 bridgehead atoms. The van der Waals surface area contributed by atoms with Crippen molar-refractivity contribution in [3.8, 4) is 6.07 Å². The van der Waals surface area contributed by atoms with Crippen LogP contribution in [-0.4, -0.2) is 26.6 Å². The van der Waals surface area contributed by atoms with Crippen LogP contribution in [-0.2, 0) is 6.54 Å². The fourth-order valence-corrected chi connectivity index (χ4v) is 3.72. The summed E-state index contributed by atoms with van der Waals surface area (Å²) in [6, 6.07) is 16.3. The van der Waals surface area contributed by atoms with Crippen molar-refractivity contribution >= 4 is 28.4 Å². The van der Waals surface area contributed by atoms with Crippen molar-refractivity contribution in [1.29, 1.82) is 5.26 Å². The van der Waals surface area contributed by atoms with Crippen molar-refractivity contribution in [2.45, 2.75) is 27.3 Å². The molecule has 2 aromatic heterocycles. The maximum Gasteiger partial charge on any atom is 0.267 e. The van der Waals surface area contributed by atoms with Gasteiger partial charge in [0.1, 0.15) is 5.69 Å². The summed E-state index contributed by atoms with van der Waals surface area (Å²) >= 11 is 0. The number of carbonyl (C=O) groups excluding carboxylic acids is 2. The molecule has 0 atom stereocenters. The van der Waals surface area contributed by atoms with E-state index in [1.807, 2.05) is 45.0 Å². The second kappa shape index (κ2) is 8.55. The monoisotopic (exact) mass is 438 g/mol. The molecule has 0 aliphatic carbocycles. The summed E-state index contributed by atoms with van der Waals surface area (Å²) in [5.74, 6) is -1.08. The number of nitrogens with one attached hydrogen (secondary N) is 1. The quantitative estimate of drug-likeness (QED) is 0.492. The lowest BCUT2D eigenvalue weighted by atomic mass is 10.0. The number of nitrogens with zero attached hydrogens (tertiary/aromatic N) is 4.